The standard InChI is InChI=1S/C46H57N3O8Si/c1-7-56-36-17-20-40-32(26-36)27-39(47-23-8-9-24-50)44(52)49(40)33-12-10-31(11-13-33)29-48-41-21-16-35(55-4)28-38(41)46(45(48)53)30(2)43(42(57-46)22-25-51)58(5,6)37-18-14-34(54-3)15-19-37/h10-21,26,28,30,39,42-43,47,50-51H,7-9,22-25,27,29H2,1-6H3/t30-,39?,42+,43-,46+/m0/s1. The molecule has 7 rings (SSSR count). The van der Waals surface area contributed by atoms with Crippen molar-refractivity contribution >= 4 is 42.1 Å². The van der Waals surface area contributed by atoms with Crippen LogP contribution in [0.1, 0.15) is 49.8 Å². The maximum atomic E-state index is 15.2. The highest BCUT2D eigenvalue weighted by Gasteiger charge is 2.66. The van der Waals surface area contributed by atoms with Crippen LogP contribution in [0.3, 0.4) is 0 Å². The van der Waals surface area contributed by atoms with E-state index in [0.29, 0.717) is 44.7 Å². The van der Waals surface area contributed by atoms with Crippen LogP contribution in [0, 0.1) is 5.92 Å². The summed E-state index contributed by atoms with van der Waals surface area (Å²) in [4.78, 5) is 32.9. The van der Waals surface area contributed by atoms with Crippen LogP contribution in [0.2, 0.25) is 18.6 Å². The zero-order valence-electron chi connectivity index (χ0n) is 34.5. The van der Waals surface area contributed by atoms with Gasteiger partial charge in [0.2, 0.25) is 5.91 Å². The summed E-state index contributed by atoms with van der Waals surface area (Å²) >= 11 is 0. The van der Waals surface area contributed by atoms with Crippen molar-refractivity contribution in [3.63, 3.8) is 0 Å². The van der Waals surface area contributed by atoms with Crippen LogP contribution in [0.25, 0.3) is 0 Å². The summed E-state index contributed by atoms with van der Waals surface area (Å²) in [5, 5.41) is 24.2. The fourth-order valence-electron chi connectivity index (χ4n) is 9.63. The number of amides is 2. The maximum absolute atomic E-state index is 15.2. The van der Waals surface area contributed by atoms with Crippen LogP contribution >= 0.6 is 0 Å². The lowest BCUT2D eigenvalue weighted by molar-refractivity contribution is -0.146. The number of fused-ring (bicyclic) bond motifs is 3. The zero-order chi connectivity index (χ0) is 41.2. The Balaban J connectivity index is 1.20. The van der Waals surface area contributed by atoms with Gasteiger partial charge in [0.05, 0.1) is 59.0 Å². The average Bonchev–Trinajstić information content (AvgIpc) is 3.66. The Morgan fingerprint density at radius 1 is 0.862 bits per heavy atom. The molecule has 1 spiro atoms. The van der Waals surface area contributed by atoms with Gasteiger partial charge >= 0.3 is 0 Å². The van der Waals surface area contributed by atoms with Crippen LogP contribution in [-0.2, 0) is 32.9 Å². The molecule has 3 aliphatic heterocycles. The maximum Gasteiger partial charge on any atom is 0.264 e. The summed E-state index contributed by atoms with van der Waals surface area (Å²) in [6.07, 6.45) is 2.05. The number of ether oxygens (including phenoxy) is 4. The molecule has 308 valence electrons. The fourth-order valence-corrected chi connectivity index (χ4v) is 13.7. The molecule has 12 heteroatoms. The van der Waals surface area contributed by atoms with Gasteiger partial charge in [0.25, 0.3) is 5.91 Å². The Bertz CT molecular complexity index is 2090. The van der Waals surface area contributed by atoms with E-state index in [1.54, 1.807) is 19.1 Å². The minimum atomic E-state index is -2.33. The summed E-state index contributed by atoms with van der Waals surface area (Å²) in [7, 11) is 0.952. The SMILES string of the molecule is CCOc1ccc2c(c1)CC(NCCCCO)C(=O)N2c1ccc(CN2C(=O)[C@]3(O[C@H](CCO)[C@@H]([Si](C)(C)c4ccc(OC)cc4)[C@@H]3C)c3cc(OC)ccc32)cc1. The lowest BCUT2D eigenvalue weighted by Crippen LogP contribution is -2.51. The van der Waals surface area contributed by atoms with Crippen LogP contribution in [0.4, 0.5) is 17.1 Å². The van der Waals surface area contributed by atoms with Gasteiger partial charge in [0.1, 0.15) is 17.2 Å². The molecule has 1 unspecified atom stereocenters. The number of carbonyl (C=O) groups is 2. The van der Waals surface area contributed by atoms with Crippen molar-refractivity contribution < 1.29 is 38.7 Å². The third kappa shape index (κ3) is 7.41. The van der Waals surface area contributed by atoms with Gasteiger partial charge in [-0.05, 0) is 116 Å². The number of benzene rings is 4. The normalized spacial score (nSPS) is 22.7. The highest BCUT2D eigenvalue weighted by Crippen LogP contribution is 2.60. The van der Waals surface area contributed by atoms with Crippen molar-refractivity contribution in [1.29, 1.82) is 0 Å². The Kier molecular flexibility index (Phi) is 12.3. The van der Waals surface area contributed by atoms with E-state index in [9.17, 15) is 15.0 Å². The Morgan fingerprint density at radius 3 is 2.22 bits per heavy atom. The number of hydrogen-bond donors (Lipinski definition) is 3. The first kappa shape index (κ1) is 41.4. The molecule has 3 N–H and O–H groups in total. The highest BCUT2D eigenvalue weighted by atomic mass is 28.3. The van der Waals surface area contributed by atoms with Crippen molar-refractivity contribution in [1.82, 2.24) is 5.32 Å². The fraction of sp³-hybridized carbons (Fsp3) is 0.435. The van der Waals surface area contributed by atoms with E-state index in [1.807, 2.05) is 84.6 Å². The van der Waals surface area contributed by atoms with Crippen molar-refractivity contribution in [2.75, 3.05) is 50.4 Å². The highest BCUT2D eigenvalue weighted by molar-refractivity contribution is 6.91. The quantitative estimate of drug-likeness (QED) is 0.0896. The lowest BCUT2D eigenvalue weighted by atomic mass is 9.82. The number of aliphatic hydroxyl groups is 2. The lowest BCUT2D eigenvalue weighted by Gasteiger charge is -2.37. The number of rotatable bonds is 16. The van der Waals surface area contributed by atoms with Gasteiger partial charge in [-0.3, -0.25) is 14.5 Å². The number of aliphatic hydroxyl groups excluding tert-OH is 2. The molecule has 0 aliphatic carbocycles. The van der Waals surface area contributed by atoms with E-state index in [4.69, 9.17) is 18.9 Å². The first-order valence-electron chi connectivity index (χ1n) is 20.5. The van der Waals surface area contributed by atoms with Crippen LogP contribution < -0.4 is 34.5 Å². The largest absolute Gasteiger partial charge is 0.497 e. The Hall–Kier alpha value is -4.72. The molecule has 11 nitrogen and oxygen atoms in total. The van der Waals surface area contributed by atoms with E-state index >= 15 is 4.79 Å². The number of carbonyl (C=O) groups excluding carboxylic acids is 2. The third-order valence-corrected chi connectivity index (χ3v) is 16.9. The average molecular weight is 808 g/mol. The smallest absolute Gasteiger partial charge is 0.264 e. The number of nitrogens with one attached hydrogen (secondary N) is 1. The summed E-state index contributed by atoms with van der Waals surface area (Å²) < 4.78 is 24.1. The summed E-state index contributed by atoms with van der Waals surface area (Å²) in [5.41, 5.74) is 3.74. The number of anilines is 3. The van der Waals surface area contributed by atoms with Crippen molar-refractivity contribution in [2.45, 2.75) is 82.5 Å². The number of unbranched alkanes of at least 4 members (excludes halogenated alkanes) is 1. The van der Waals surface area contributed by atoms with E-state index < -0.39 is 19.7 Å². The van der Waals surface area contributed by atoms with Gasteiger partial charge in [-0.2, -0.15) is 0 Å². The molecule has 4 aromatic rings. The van der Waals surface area contributed by atoms with Gasteiger partial charge in [0.15, 0.2) is 5.60 Å². The number of methoxy groups -OCH3 is 2. The van der Waals surface area contributed by atoms with Gasteiger partial charge in [-0.1, -0.05) is 49.5 Å². The first-order chi connectivity index (χ1) is 28.0. The summed E-state index contributed by atoms with van der Waals surface area (Å²) in [5.74, 6) is 1.81. The van der Waals surface area contributed by atoms with Gasteiger partial charge in [-0.25, -0.2) is 0 Å². The molecular formula is C46H57N3O8Si. The van der Waals surface area contributed by atoms with E-state index in [2.05, 4.69) is 37.5 Å². The molecular weight excluding hydrogens is 751 g/mol. The number of hydrogen-bond acceptors (Lipinski definition) is 9. The van der Waals surface area contributed by atoms with Crippen LogP contribution in [-0.4, -0.2) is 82.8 Å². The van der Waals surface area contributed by atoms with Crippen LogP contribution in [0.5, 0.6) is 17.2 Å². The first-order valence-corrected chi connectivity index (χ1v) is 23.6. The molecule has 2 amide bonds. The molecule has 0 bridgehead atoms. The Morgan fingerprint density at radius 2 is 1.55 bits per heavy atom. The van der Waals surface area contributed by atoms with Gasteiger partial charge in [0, 0.05) is 30.4 Å². The summed E-state index contributed by atoms with van der Waals surface area (Å²) in [6, 6.07) is 27.3. The molecule has 0 saturated carbocycles. The molecule has 58 heavy (non-hydrogen) atoms. The molecule has 0 aromatic heterocycles. The Labute approximate surface area is 342 Å². The molecule has 4 aromatic carbocycles. The summed E-state index contributed by atoms with van der Waals surface area (Å²) in [6.45, 7) is 10.3. The van der Waals surface area contributed by atoms with Crippen molar-refractivity contribution in [3.8, 4) is 17.2 Å². The molecule has 1 saturated heterocycles. The molecule has 5 atom stereocenters. The second kappa shape index (κ2) is 17.2. The predicted octanol–water partition coefficient (Wildman–Crippen LogP) is 6.20. The van der Waals surface area contributed by atoms with E-state index in [-0.39, 0.29) is 42.6 Å². The topological polar surface area (TPSA) is 130 Å². The third-order valence-electron chi connectivity index (χ3n) is 12.5. The second-order valence-corrected chi connectivity index (χ2v) is 20.8. The van der Waals surface area contributed by atoms with E-state index in [1.165, 1.54) is 5.19 Å². The van der Waals surface area contributed by atoms with Gasteiger partial charge < -0.3 is 39.4 Å². The molecule has 0 radical (unpaired) electrons. The van der Waals surface area contributed by atoms with E-state index in [0.717, 1.165) is 51.7 Å². The number of nitrogens with zero attached hydrogens (tertiary/aromatic N) is 2. The van der Waals surface area contributed by atoms with Gasteiger partial charge in [-0.15, -0.1) is 0 Å². The minimum Gasteiger partial charge on any atom is -0.497 e. The second-order valence-electron chi connectivity index (χ2n) is 16.1. The molecule has 1 fully saturated rings. The monoisotopic (exact) mass is 807 g/mol. The predicted molar refractivity (Wildman–Crippen MR) is 228 cm³/mol. The molecule has 3 aliphatic rings. The van der Waals surface area contributed by atoms with Crippen LogP contribution in [0.15, 0.2) is 84.9 Å². The van der Waals surface area contributed by atoms with Crippen molar-refractivity contribution in [3.05, 3.63) is 102 Å². The molecule has 3 heterocycles. The van der Waals surface area contributed by atoms with Crippen molar-refractivity contribution in [2.24, 2.45) is 5.92 Å². The zero-order valence-corrected chi connectivity index (χ0v) is 35.5. The minimum absolute atomic E-state index is 0.0119.